The minimum absolute atomic E-state index is 0.0966. The normalized spacial score (nSPS) is 12.6. The van der Waals surface area contributed by atoms with Crippen LogP contribution in [-0.4, -0.2) is 18.2 Å². The van der Waals surface area contributed by atoms with Crippen LogP contribution >= 0.6 is 11.6 Å². The number of nitrogens with one attached hydrogen (secondary N) is 1. The van der Waals surface area contributed by atoms with E-state index in [9.17, 15) is 4.79 Å². The third kappa shape index (κ3) is 4.74. The van der Waals surface area contributed by atoms with E-state index in [0.717, 1.165) is 46.5 Å². The van der Waals surface area contributed by atoms with Crippen molar-refractivity contribution in [2.24, 2.45) is 4.99 Å². The SMILES string of the molecule is O=C(NCc1cccc(-c2ccccc2)c1)c1ccc(C2=NCCc3ccc(Cl)cc32)cc1. The maximum absolute atomic E-state index is 12.7. The summed E-state index contributed by atoms with van der Waals surface area (Å²) in [7, 11) is 0. The second-order valence-corrected chi connectivity index (χ2v) is 8.54. The molecular weight excluding hydrogens is 428 g/mol. The molecule has 1 aliphatic heterocycles. The third-order valence-corrected chi connectivity index (χ3v) is 6.12. The molecular formula is C29H23ClN2O. The van der Waals surface area contributed by atoms with Crippen molar-refractivity contribution in [3.8, 4) is 11.1 Å². The fourth-order valence-corrected chi connectivity index (χ4v) is 4.33. The Balaban J connectivity index is 1.28. The summed E-state index contributed by atoms with van der Waals surface area (Å²) in [6.07, 6.45) is 0.919. The number of rotatable bonds is 5. The van der Waals surface area contributed by atoms with Gasteiger partial charge in [0.25, 0.3) is 5.91 Å². The first kappa shape index (κ1) is 21.2. The van der Waals surface area contributed by atoms with Gasteiger partial charge >= 0.3 is 0 Å². The molecule has 0 saturated heterocycles. The van der Waals surface area contributed by atoms with Crippen molar-refractivity contribution in [2.75, 3.05) is 6.54 Å². The summed E-state index contributed by atoms with van der Waals surface area (Å²) < 4.78 is 0. The second kappa shape index (κ2) is 9.43. The largest absolute Gasteiger partial charge is 0.348 e. The van der Waals surface area contributed by atoms with Crippen molar-refractivity contribution in [2.45, 2.75) is 13.0 Å². The lowest BCUT2D eigenvalue weighted by atomic mass is 9.93. The first-order valence-corrected chi connectivity index (χ1v) is 11.4. The summed E-state index contributed by atoms with van der Waals surface area (Å²) in [6, 6.07) is 32.1. The van der Waals surface area contributed by atoms with Crippen LogP contribution in [0.15, 0.2) is 102 Å². The predicted molar refractivity (Wildman–Crippen MR) is 135 cm³/mol. The molecule has 0 unspecified atom stereocenters. The van der Waals surface area contributed by atoms with Crippen LogP contribution in [0.25, 0.3) is 11.1 Å². The number of nitrogens with zero attached hydrogens (tertiary/aromatic N) is 1. The van der Waals surface area contributed by atoms with Gasteiger partial charge in [-0.3, -0.25) is 9.79 Å². The average Bonchev–Trinajstić information content (AvgIpc) is 2.88. The maximum Gasteiger partial charge on any atom is 0.251 e. The van der Waals surface area contributed by atoms with Crippen molar-refractivity contribution in [1.82, 2.24) is 5.32 Å². The number of amides is 1. The molecule has 1 amide bonds. The smallest absolute Gasteiger partial charge is 0.251 e. The van der Waals surface area contributed by atoms with Gasteiger partial charge in [-0.1, -0.05) is 78.3 Å². The fraction of sp³-hybridized carbons (Fsp3) is 0.103. The van der Waals surface area contributed by atoms with Gasteiger partial charge in [0.15, 0.2) is 0 Å². The Morgan fingerprint density at radius 3 is 2.42 bits per heavy atom. The van der Waals surface area contributed by atoms with E-state index < -0.39 is 0 Å². The summed E-state index contributed by atoms with van der Waals surface area (Å²) in [5.41, 5.74) is 8.24. The van der Waals surface area contributed by atoms with Gasteiger partial charge < -0.3 is 5.32 Å². The van der Waals surface area contributed by atoms with Gasteiger partial charge in [-0.2, -0.15) is 0 Å². The molecule has 1 heterocycles. The number of carbonyl (C=O) groups excluding carboxylic acids is 1. The standard InChI is InChI=1S/C29H23ClN2O/c30-26-14-13-22-15-16-31-28(27(22)18-26)23-9-11-24(12-10-23)29(33)32-19-20-5-4-8-25(17-20)21-6-2-1-3-7-21/h1-14,17-18H,15-16,19H2,(H,32,33). The number of hydrogen-bond acceptors (Lipinski definition) is 2. The van der Waals surface area contributed by atoms with Crippen LogP contribution in [0.4, 0.5) is 0 Å². The molecule has 4 aromatic rings. The molecule has 4 aromatic carbocycles. The highest BCUT2D eigenvalue weighted by Crippen LogP contribution is 2.24. The Hall–Kier alpha value is -3.69. The Morgan fingerprint density at radius 1 is 0.818 bits per heavy atom. The number of hydrogen-bond donors (Lipinski definition) is 1. The summed E-state index contributed by atoms with van der Waals surface area (Å²) in [4.78, 5) is 17.5. The molecule has 33 heavy (non-hydrogen) atoms. The summed E-state index contributed by atoms with van der Waals surface area (Å²) >= 11 is 6.22. The van der Waals surface area contributed by atoms with Crippen LogP contribution in [0.3, 0.4) is 0 Å². The number of halogens is 1. The van der Waals surface area contributed by atoms with Crippen molar-refractivity contribution >= 4 is 23.2 Å². The average molecular weight is 451 g/mol. The van der Waals surface area contributed by atoms with Crippen LogP contribution in [0, 0.1) is 0 Å². The summed E-state index contributed by atoms with van der Waals surface area (Å²) in [5.74, 6) is -0.0966. The van der Waals surface area contributed by atoms with Gasteiger partial charge in [-0.15, -0.1) is 0 Å². The molecule has 3 nitrogen and oxygen atoms in total. The van der Waals surface area contributed by atoms with E-state index in [2.05, 4.69) is 35.6 Å². The molecule has 0 radical (unpaired) electrons. The van der Waals surface area contributed by atoms with E-state index in [-0.39, 0.29) is 5.91 Å². The van der Waals surface area contributed by atoms with Crippen molar-refractivity contribution in [1.29, 1.82) is 0 Å². The van der Waals surface area contributed by atoms with Gasteiger partial charge in [0.05, 0.1) is 5.71 Å². The van der Waals surface area contributed by atoms with Gasteiger partial charge in [0.2, 0.25) is 0 Å². The molecule has 4 heteroatoms. The highest BCUT2D eigenvalue weighted by Gasteiger charge is 2.17. The van der Waals surface area contributed by atoms with Crippen LogP contribution in [0.2, 0.25) is 5.02 Å². The monoisotopic (exact) mass is 450 g/mol. The molecule has 162 valence electrons. The molecule has 5 rings (SSSR count). The third-order valence-electron chi connectivity index (χ3n) is 5.89. The molecule has 1 N–H and O–H groups in total. The highest BCUT2D eigenvalue weighted by atomic mass is 35.5. The molecule has 0 aliphatic carbocycles. The zero-order valence-electron chi connectivity index (χ0n) is 18.1. The predicted octanol–water partition coefficient (Wildman–Crippen LogP) is 6.33. The van der Waals surface area contributed by atoms with E-state index in [1.54, 1.807) is 0 Å². The van der Waals surface area contributed by atoms with Gasteiger partial charge in [-0.25, -0.2) is 0 Å². The second-order valence-electron chi connectivity index (χ2n) is 8.11. The van der Waals surface area contributed by atoms with E-state index in [1.807, 2.05) is 66.7 Å². The van der Waals surface area contributed by atoms with Crippen LogP contribution in [0.1, 0.15) is 32.6 Å². The first-order chi connectivity index (χ1) is 16.2. The summed E-state index contributed by atoms with van der Waals surface area (Å²) in [6.45, 7) is 1.23. The number of fused-ring (bicyclic) bond motifs is 1. The Kier molecular flexibility index (Phi) is 6.05. The number of benzene rings is 4. The first-order valence-electron chi connectivity index (χ1n) is 11.0. The summed E-state index contributed by atoms with van der Waals surface area (Å²) in [5, 5.41) is 3.73. The molecule has 0 spiro atoms. The quantitative estimate of drug-likeness (QED) is 0.379. The maximum atomic E-state index is 12.7. The molecule has 0 fully saturated rings. The molecule has 0 atom stereocenters. The van der Waals surface area contributed by atoms with Crippen molar-refractivity contribution < 1.29 is 4.79 Å². The topological polar surface area (TPSA) is 41.5 Å². The number of aliphatic imine (C=N–C) groups is 1. The van der Waals surface area contributed by atoms with Crippen molar-refractivity contribution in [3.05, 3.63) is 130 Å². The van der Waals surface area contributed by atoms with E-state index >= 15 is 0 Å². The van der Waals surface area contributed by atoms with E-state index in [0.29, 0.717) is 17.1 Å². The lowest BCUT2D eigenvalue weighted by Crippen LogP contribution is -2.23. The zero-order valence-corrected chi connectivity index (χ0v) is 18.8. The molecule has 1 aliphatic rings. The highest BCUT2D eigenvalue weighted by molar-refractivity contribution is 6.31. The molecule has 0 bridgehead atoms. The Labute approximate surface area is 198 Å². The minimum Gasteiger partial charge on any atom is -0.348 e. The van der Waals surface area contributed by atoms with Crippen molar-refractivity contribution in [3.63, 3.8) is 0 Å². The van der Waals surface area contributed by atoms with Gasteiger partial charge in [-0.05, 0) is 59.0 Å². The van der Waals surface area contributed by atoms with Crippen LogP contribution in [0.5, 0.6) is 0 Å². The lowest BCUT2D eigenvalue weighted by molar-refractivity contribution is 0.0951. The van der Waals surface area contributed by atoms with E-state index in [1.165, 1.54) is 5.56 Å². The molecule has 0 aromatic heterocycles. The Bertz CT molecular complexity index is 1330. The Morgan fingerprint density at radius 2 is 1.61 bits per heavy atom. The van der Waals surface area contributed by atoms with E-state index in [4.69, 9.17) is 16.6 Å². The fourth-order valence-electron chi connectivity index (χ4n) is 4.16. The van der Waals surface area contributed by atoms with Gasteiger partial charge in [0.1, 0.15) is 0 Å². The van der Waals surface area contributed by atoms with Gasteiger partial charge in [0, 0.05) is 34.8 Å². The zero-order chi connectivity index (χ0) is 22.6. The minimum atomic E-state index is -0.0966. The van der Waals surface area contributed by atoms with Crippen LogP contribution < -0.4 is 5.32 Å². The molecule has 0 saturated carbocycles. The van der Waals surface area contributed by atoms with Crippen LogP contribution in [-0.2, 0) is 13.0 Å². The number of carbonyl (C=O) groups is 1. The lowest BCUT2D eigenvalue weighted by Gasteiger charge is -2.17.